The fourth-order valence-electron chi connectivity index (χ4n) is 3.17. The number of carboxylic acids is 1. The Hall–Kier alpha value is -1.66. The summed E-state index contributed by atoms with van der Waals surface area (Å²) >= 11 is 6.00. The molecule has 2 saturated heterocycles. The second-order valence-corrected chi connectivity index (χ2v) is 5.93. The lowest BCUT2D eigenvalue weighted by Crippen LogP contribution is -2.45. The number of aliphatic carboxylic acids is 1. The third-order valence-corrected chi connectivity index (χ3v) is 4.72. The highest BCUT2D eigenvalue weighted by atomic mass is 35.5. The first-order chi connectivity index (χ1) is 10.0. The molecular weight excluding hydrogens is 296 g/mol. The number of ether oxygens (including phenoxy) is 1. The summed E-state index contributed by atoms with van der Waals surface area (Å²) in [4.78, 5) is 29.7. The standard InChI is InChI=1S/C14H15ClN2O4/c15-11-5-16-3-1-10(11)12(18)17-6-9-7-21-4-2-14(9,8-17)13(19)20/h1,3,5,9H,2,4,6-8H2,(H,19,20)/t9-,14+/m0/s1. The van der Waals surface area contributed by atoms with Gasteiger partial charge in [0.25, 0.3) is 5.91 Å². The molecule has 2 aliphatic heterocycles. The zero-order valence-corrected chi connectivity index (χ0v) is 12.0. The van der Waals surface area contributed by atoms with Crippen LogP contribution in [0.25, 0.3) is 0 Å². The number of carbonyl (C=O) groups is 2. The third kappa shape index (κ3) is 2.28. The summed E-state index contributed by atoms with van der Waals surface area (Å²) in [6.45, 7) is 1.37. The van der Waals surface area contributed by atoms with Gasteiger partial charge in [0.05, 0.1) is 22.6 Å². The molecule has 1 aromatic rings. The van der Waals surface area contributed by atoms with Gasteiger partial charge in [-0.25, -0.2) is 0 Å². The van der Waals surface area contributed by atoms with Crippen molar-refractivity contribution in [2.45, 2.75) is 6.42 Å². The van der Waals surface area contributed by atoms with Crippen LogP contribution in [0.3, 0.4) is 0 Å². The van der Waals surface area contributed by atoms with Crippen LogP contribution in [0.15, 0.2) is 18.5 Å². The normalized spacial score (nSPS) is 28.2. The molecule has 7 heteroatoms. The molecule has 2 fully saturated rings. The predicted octanol–water partition coefficient (Wildman–Crippen LogP) is 1.30. The predicted molar refractivity (Wildman–Crippen MR) is 74.1 cm³/mol. The average molecular weight is 311 g/mol. The van der Waals surface area contributed by atoms with Crippen LogP contribution in [-0.2, 0) is 9.53 Å². The zero-order valence-electron chi connectivity index (χ0n) is 11.3. The van der Waals surface area contributed by atoms with Gasteiger partial charge in [-0.2, -0.15) is 0 Å². The lowest BCUT2D eigenvalue weighted by atomic mass is 9.74. The van der Waals surface area contributed by atoms with Gasteiger partial charge in [-0.05, 0) is 12.5 Å². The van der Waals surface area contributed by atoms with E-state index in [0.717, 1.165) is 0 Å². The molecule has 1 N–H and O–H groups in total. The molecule has 112 valence electrons. The summed E-state index contributed by atoms with van der Waals surface area (Å²) in [5, 5.41) is 9.87. The monoisotopic (exact) mass is 310 g/mol. The van der Waals surface area contributed by atoms with Crippen molar-refractivity contribution >= 4 is 23.5 Å². The number of amides is 1. The van der Waals surface area contributed by atoms with E-state index in [1.54, 1.807) is 11.0 Å². The van der Waals surface area contributed by atoms with Crippen LogP contribution in [0.1, 0.15) is 16.8 Å². The Balaban J connectivity index is 1.87. The third-order valence-electron chi connectivity index (χ3n) is 4.42. The quantitative estimate of drug-likeness (QED) is 0.890. The molecule has 21 heavy (non-hydrogen) atoms. The van der Waals surface area contributed by atoms with Crippen LogP contribution in [-0.4, -0.2) is 53.2 Å². The number of carboxylic acid groups (broad SMARTS) is 1. The van der Waals surface area contributed by atoms with Gasteiger partial charge in [0.2, 0.25) is 0 Å². The average Bonchev–Trinajstić information content (AvgIpc) is 2.88. The van der Waals surface area contributed by atoms with E-state index in [9.17, 15) is 14.7 Å². The molecule has 6 nitrogen and oxygen atoms in total. The van der Waals surface area contributed by atoms with Crippen molar-refractivity contribution in [3.8, 4) is 0 Å². The molecule has 1 aromatic heterocycles. The van der Waals surface area contributed by atoms with Crippen molar-refractivity contribution in [1.29, 1.82) is 0 Å². The van der Waals surface area contributed by atoms with E-state index in [4.69, 9.17) is 16.3 Å². The van der Waals surface area contributed by atoms with E-state index in [2.05, 4.69) is 4.98 Å². The summed E-state index contributed by atoms with van der Waals surface area (Å²) in [6, 6.07) is 1.55. The smallest absolute Gasteiger partial charge is 0.311 e. The number of likely N-dealkylation sites (tertiary alicyclic amines) is 1. The highest BCUT2D eigenvalue weighted by Gasteiger charge is 2.55. The van der Waals surface area contributed by atoms with E-state index >= 15 is 0 Å². The fraction of sp³-hybridized carbons (Fsp3) is 0.500. The molecule has 1 amide bonds. The summed E-state index contributed by atoms with van der Waals surface area (Å²) < 4.78 is 5.38. The molecule has 3 rings (SSSR count). The maximum absolute atomic E-state index is 12.6. The Kier molecular flexibility index (Phi) is 3.59. The van der Waals surface area contributed by atoms with Gasteiger partial charge in [0, 0.05) is 38.0 Å². The van der Waals surface area contributed by atoms with E-state index in [-0.39, 0.29) is 23.4 Å². The minimum Gasteiger partial charge on any atom is -0.481 e. The van der Waals surface area contributed by atoms with Crippen LogP contribution in [0.5, 0.6) is 0 Å². The molecule has 0 unspecified atom stereocenters. The van der Waals surface area contributed by atoms with Gasteiger partial charge >= 0.3 is 5.97 Å². The largest absolute Gasteiger partial charge is 0.481 e. The molecule has 2 atom stereocenters. The van der Waals surface area contributed by atoms with Gasteiger partial charge in [-0.1, -0.05) is 11.6 Å². The van der Waals surface area contributed by atoms with E-state index < -0.39 is 11.4 Å². The minimum atomic E-state index is -0.895. The van der Waals surface area contributed by atoms with Crippen molar-refractivity contribution < 1.29 is 19.4 Å². The molecule has 0 aromatic carbocycles. The van der Waals surface area contributed by atoms with Crippen LogP contribution in [0, 0.1) is 11.3 Å². The Morgan fingerprint density at radius 1 is 1.52 bits per heavy atom. The first kappa shape index (κ1) is 14.3. The second kappa shape index (κ2) is 5.27. The first-order valence-electron chi connectivity index (χ1n) is 6.74. The highest BCUT2D eigenvalue weighted by molar-refractivity contribution is 6.33. The van der Waals surface area contributed by atoms with Crippen LogP contribution in [0.4, 0.5) is 0 Å². The van der Waals surface area contributed by atoms with E-state index in [1.807, 2.05) is 0 Å². The van der Waals surface area contributed by atoms with Gasteiger partial charge < -0.3 is 14.7 Å². The Labute approximate surface area is 126 Å². The van der Waals surface area contributed by atoms with Crippen molar-refractivity contribution in [3.63, 3.8) is 0 Å². The number of hydrogen-bond acceptors (Lipinski definition) is 4. The van der Waals surface area contributed by atoms with Crippen molar-refractivity contribution in [1.82, 2.24) is 9.88 Å². The topological polar surface area (TPSA) is 79.7 Å². The maximum Gasteiger partial charge on any atom is 0.311 e. The molecule has 0 saturated carbocycles. The van der Waals surface area contributed by atoms with Crippen molar-refractivity contribution in [2.24, 2.45) is 11.3 Å². The van der Waals surface area contributed by atoms with Crippen LogP contribution in [0.2, 0.25) is 5.02 Å². The number of hydrogen-bond donors (Lipinski definition) is 1. The number of nitrogens with zero attached hydrogens (tertiary/aromatic N) is 2. The molecule has 0 spiro atoms. The SMILES string of the molecule is O=C(c1ccncc1Cl)N1C[C@H]2COCC[C@@]2(C(=O)O)C1. The Bertz CT molecular complexity index is 594. The zero-order chi connectivity index (χ0) is 15.0. The number of aromatic nitrogens is 1. The molecule has 2 aliphatic rings. The first-order valence-corrected chi connectivity index (χ1v) is 7.12. The van der Waals surface area contributed by atoms with Crippen molar-refractivity contribution in [2.75, 3.05) is 26.3 Å². The second-order valence-electron chi connectivity index (χ2n) is 5.52. The van der Waals surface area contributed by atoms with E-state index in [0.29, 0.717) is 31.7 Å². The summed E-state index contributed by atoms with van der Waals surface area (Å²) in [7, 11) is 0. The summed E-state index contributed by atoms with van der Waals surface area (Å²) in [5.41, 5.74) is -0.542. The van der Waals surface area contributed by atoms with Gasteiger partial charge in [0.15, 0.2) is 0 Å². The lowest BCUT2D eigenvalue weighted by molar-refractivity contribution is -0.157. The molecule has 0 aliphatic carbocycles. The molecular formula is C14H15ClN2O4. The van der Waals surface area contributed by atoms with Gasteiger partial charge in [0.1, 0.15) is 0 Å². The Morgan fingerprint density at radius 2 is 2.33 bits per heavy atom. The number of rotatable bonds is 2. The number of carbonyl (C=O) groups excluding carboxylic acids is 1. The number of pyridine rings is 1. The Morgan fingerprint density at radius 3 is 3.00 bits per heavy atom. The maximum atomic E-state index is 12.6. The number of fused-ring (bicyclic) bond motifs is 1. The highest BCUT2D eigenvalue weighted by Crippen LogP contribution is 2.43. The fourth-order valence-corrected chi connectivity index (χ4v) is 3.37. The lowest BCUT2D eigenvalue weighted by Gasteiger charge is -2.33. The minimum absolute atomic E-state index is 0.173. The van der Waals surface area contributed by atoms with Crippen LogP contribution >= 0.6 is 11.6 Å². The van der Waals surface area contributed by atoms with Crippen LogP contribution < -0.4 is 0 Å². The van der Waals surface area contributed by atoms with Gasteiger partial charge in [-0.3, -0.25) is 14.6 Å². The van der Waals surface area contributed by atoms with E-state index in [1.165, 1.54) is 12.4 Å². The van der Waals surface area contributed by atoms with Gasteiger partial charge in [-0.15, -0.1) is 0 Å². The molecule has 0 bridgehead atoms. The summed E-state index contributed by atoms with van der Waals surface area (Å²) in [5.74, 6) is -1.28. The number of halogens is 1. The summed E-state index contributed by atoms with van der Waals surface area (Å²) in [6.07, 6.45) is 3.34. The molecule has 3 heterocycles. The molecule has 0 radical (unpaired) electrons. The van der Waals surface area contributed by atoms with Crippen molar-refractivity contribution in [3.05, 3.63) is 29.0 Å².